The molecule has 0 fully saturated rings. The molecule has 2 nitrogen and oxygen atoms in total. The second-order valence-electron chi connectivity index (χ2n) is 19.4. The number of benzene rings is 10. The van der Waals surface area contributed by atoms with Gasteiger partial charge in [0.05, 0.1) is 27.6 Å². The first kappa shape index (κ1) is 39.3. The lowest BCUT2D eigenvalue weighted by Gasteiger charge is -2.36. The highest BCUT2D eigenvalue weighted by atomic mass is 15.1. The molecule has 0 saturated heterocycles. The van der Waals surface area contributed by atoms with Gasteiger partial charge in [0.2, 0.25) is 0 Å². The number of rotatable bonds is 6. The van der Waals surface area contributed by atoms with E-state index in [9.17, 15) is 0 Å². The number of hydrogen-bond donors (Lipinski definition) is 0. The summed E-state index contributed by atoms with van der Waals surface area (Å²) in [6, 6.07) is 91.2. The van der Waals surface area contributed by atoms with E-state index in [0.717, 1.165) is 29.9 Å². The minimum Gasteiger partial charge on any atom is -0.310 e. The number of anilines is 3. The van der Waals surface area contributed by atoms with Gasteiger partial charge >= 0.3 is 0 Å². The van der Waals surface area contributed by atoms with Crippen molar-refractivity contribution < 1.29 is 0 Å². The van der Waals surface area contributed by atoms with Crippen molar-refractivity contribution in [2.75, 3.05) is 4.90 Å². The Hall–Kier alpha value is -8.72. The molecule has 0 unspecified atom stereocenters. The van der Waals surface area contributed by atoms with Crippen LogP contribution in [0, 0.1) is 0 Å². The monoisotopic (exact) mass is 890 g/mol. The van der Waals surface area contributed by atoms with Crippen molar-refractivity contribution in [3.05, 3.63) is 305 Å². The molecule has 4 aliphatic rings. The van der Waals surface area contributed by atoms with Crippen molar-refractivity contribution in [3.8, 4) is 27.9 Å². The first-order valence-electron chi connectivity index (χ1n) is 24.7. The van der Waals surface area contributed by atoms with Gasteiger partial charge in [-0.1, -0.05) is 200 Å². The Kier molecular flexibility index (Phi) is 8.36. The van der Waals surface area contributed by atoms with E-state index < -0.39 is 10.8 Å². The molecule has 15 rings (SSSR count). The van der Waals surface area contributed by atoms with Gasteiger partial charge in [-0.3, -0.25) is 0 Å². The van der Waals surface area contributed by atoms with Gasteiger partial charge in [0.25, 0.3) is 0 Å². The second-order valence-corrected chi connectivity index (χ2v) is 19.4. The zero-order valence-corrected chi connectivity index (χ0v) is 38.6. The Morgan fingerprint density at radius 1 is 0.386 bits per heavy atom. The maximum atomic E-state index is 2.59. The largest absolute Gasteiger partial charge is 0.310 e. The number of fused-ring (bicyclic) bond motifs is 15. The third-order valence-corrected chi connectivity index (χ3v) is 16.1. The fraction of sp³-hybridized carbons (Fsp3) is 0.0588. The molecule has 0 bridgehead atoms. The molecular formula is C68H46N2. The van der Waals surface area contributed by atoms with E-state index in [4.69, 9.17) is 0 Å². The molecule has 2 heteroatoms. The van der Waals surface area contributed by atoms with Crippen LogP contribution in [-0.2, 0) is 10.8 Å². The predicted octanol–water partition coefficient (Wildman–Crippen LogP) is 17.0. The predicted molar refractivity (Wildman–Crippen MR) is 290 cm³/mol. The quantitative estimate of drug-likeness (QED) is 0.161. The zero-order valence-electron chi connectivity index (χ0n) is 38.6. The maximum Gasteiger partial charge on any atom is 0.0725 e. The highest BCUT2D eigenvalue weighted by Crippen LogP contribution is 2.64. The lowest BCUT2D eigenvalue weighted by atomic mass is 9.66. The molecule has 70 heavy (non-hydrogen) atoms. The highest BCUT2D eigenvalue weighted by molar-refractivity contribution is 6.11. The Labute approximate surface area is 408 Å². The summed E-state index contributed by atoms with van der Waals surface area (Å²) in [5, 5.41) is 2.46. The third kappa shape index (κ3) is 5.12. The fourth-order valence-corrected chi connectivity index (χ4v) is 13.6. The van der Waals surface area contributed by atoms with E-state index in [1.807, 2.05) is 0 Å². The van der Waals surface area contributed by atoms with Gasteiger partial charge in [0, 0.05) is 33.4 Å². The minimum atomic E-state index is -0.495. The number of hydrogen-bond acceptors (Lipinski definition) is 1. The average Bonchev–Trinajstić information content (AvgIpc) is 4.13. The van der Waals surface area contributed by atoms with Gasteiger partial charge in [0.1, 0.15) is 0 Å². The van der Waals surface area contributed by atoms with Gasteiger partial charge in [-0.25, -0.2) is 0 Å². The van der Waals surface area contributed by atoms with Crippen LogP contribution in [0.2, 0.25) is 0 Å². The van der Waals surface area contributed by atoms with Gasteiger partial charge < -0.3 is 9.47 Å². The topological polar surface area (TPSA) is 8.17 Å². The van der Waals surface area contributed by atoms with Crippen molar-refractivity contribution in [1.29, 1.82) is 0 Å². The fourth-order valence-electron chi connectivity index (χ4n) is 13.6. The number of para-hydroxylation sites is 2. The van der Waals surface area contributed by atoms with Gasteiger partial charge in [-0.15, -0.1) is 0 Å². The summed E-state index contributed by atoms with van der Waals surface area (Å²) in [6.45, 7) is 0. The standard InChI is InChI=1S/C68H46N2/c1-4-21-45(22-5-1)67(46-23-6-2-7-24-46)60-35-18-13-31-54(60)66-62(67)36-20-38-65(66)69(49-40-42-64-56(44-49)53-30-14-19-37-63(53)70(64)47-25-8-3-9-26-47)48-39-41-61-55(43-48)52-29-12-17-34-59(52)68(61)57-32-15-10-27-50(57)51-28-11-16-33-58(51)68/h1-12,14-30,32-44H,13,31H2. The molecular weight excluding hydrogens is 845 g/mol. The summed E-state index contributed by atoms with van der Waals surface area (Å²) in [5.41, 5.74) is 24.7. The van der Waals surface area contributed by atoms with E-state index in [1.165, 1.54) is 105 Å². The summed E-state index contributed by atoms with van der Waals surface area (Å²) in [7, 11) is 0. The summed E-state index contributed by atoms with van der Waals surface area (Å²) in [6.07, 6.45) is 6.80. The molecule has 328 valence electrons. The Morgan fingerprint density at radius 2 is 0.914 bits per heavy atom. The number of allylic oxidation sites excluding steroid dienone is 4. The van der Waals surface area contributed by atoms with E-state index in [0.29, 0.717) is 0 Å². The lowest BCUT2D eigenvalue weighted by molar-refractivity contribution is 0.756. The molecule has 4 aliphatic carbocycles. The number of nitrogens with zero attached hydrogens (tertiary/aromatic N) is 2. The molecule has 10 aromatic carbocycles. The number of aromatic nitrogens is 1. The van der Waals surface area contributed by atoms with Gasteiger partial charge in [0.15, 0.2) is 0 Å². The molecule has 0 aliphatic heterocycles. The van der Waals surface area contributed by atoms with Crippen LogP contribution in [0.1, 0.15) is 57.3 Å². The second kappa shape index (κ2) is 14.9. The molecule has 0 saturated carbocycles. The Bertz CT molecular complexity index is 3920. The Morgan fingerprint density at radius 3 is 1.60 bits per heavy atom. The molecule has 11 aromatic rings. The van der Waals surface area contributed by atoms with Crippen molar-refractivity contribution in [3.63, 3.8) is 0 Å². The van der Waals surface area contributed by atoms with Crippen LogP contribution in [0.5, 0.6) is 0 Å². The van der Waals surface area contributed by atoms with Crippen molar-refractivity contribution in [2.24, 2.45) is 0 Å². The van der Waals surface area contributed by atoms with E-state index >= 15 is 0 Å². The van der Waals surface area contributed by atoms with Crippen LogP contribution in [0.25, 0.3) is 55.3 Å². The zero-order chi connectivity index (χ0) is 46.0. The van der Waals surface area contributed by atoms with E-state index in [-0.39, 0.29) is 0 Å². The molecule has 0 N–H and O–H groups in total. The first-order chi connectivity index (χ1) is 34.8. The van der Waals surface area contributed by atoms with Crippen LogP contribution >= 0.6 is 0 Å². The molecule has 0 amide bonds. The highest BCUT2D eigenvalue weighted by Gasteiger charge is 2.52. The molecule has 0 atom stereocenters. The van der Waals surface area contributed by atoms with Gasteiger partial charge in [-0.2, -0.15) is 0 Å². The van der Waals surface area contributed by atoms with E-state index in [1.54, 1.807) is 0 Å². The van der Waals surface area contributed by atoms with Crippen LogP contribution in [0.4, 0.5) is 17.1 Å². The lowest BCUT2D eigenvalue weighted by Crippen LogP contribution is -2.29. The van der Waals surface area contributed by atoms with Crippen LogP contribution in [-0.4, -0.2) is 4.57 Å². The SMILES string of the molecule is C1=CC2=C(CC1)c1c(N(c3ccc4c(c3)-c3ccccc3C43c4ccccc4-c4ccccc43)c3ccc4c(c3)c3ccccc3n4-c3ccccc3)cccc1C2(c1ccccc1)c1ccccc1. The molecule has 1 aromatic heterocycles. The van der Waals surface area contributed by atoms with Crippen LogP contribution in [0.3, 0.4) is 0 Å². The molecule has 0 radical (unpaired) electrons. The van der Waals surface area contributed by atoms with Crippen LogP contribution in [0.15, 0.2) is 260 Å². The average molecular weight is 891 g/mol. The van der Waals surface area contributed by atoms with Gasteiger partial charge in [-0.05, 0) is 140 Å². The summed E-state index contributed by atoms with van der Waals surface area (Å²) >= 11 is 0. The smallest absolute Gasteiger partial charge is 0.0725 e. The molecule has 1 spiro atoms. The van der Waals surface area contributed by atoms with Crippen LogP contribution < -0.4 is 4.90 Å². The van der Waals surface area contributed by atoms with Crippen molar-refractivity contribution in [2.45, 2.75) is 23.7 Å². The third-order valence-electron chi connectivity index (χ3n) is 16.1. The first-order valence-corrected chi connectivity index (χ1v) is 24.7. The van der Waals surface area contributed by atoms with Crippen molar-refractivity contribution >= 4 is 44.4 Å². The van der Waals surface area contributed by atoms with E-state index in [2.05, 4.69) is 264 Å². The van der Waals surface area contributed by atoms with Crippen molar-refractivity contribution in [1.82, 2.24) is 4.57 Å². The maximum absolute atomic E-state index is 2.59. The normalized spacial score (nSPS) is 15.1. The molecule has 1 heterocycles. The Balaban J connectivity index is 1.03. The summed E-state index contributed by atoms with van der Waals surface area (Å²) in [5.74, 6) is 0. The summed E-state index contributed by atoms with van der Waals surface area (Å²) < 4.78 is 2.42. The minimum absolute atomic E-state index is 0.423. The summed E-state index contributed by atoms with van der Waals surface area (Å²) in [4.78, 5) is 2.59.